The van der Waals surface area contributed by atoms with Crippen LogP contribution in [-0.4, -0.2) is 60.3 Å². The predicted molar refractivity (Wildman–Crippen MR) is 133 cm³/mol. The van der Waals surface area contributed by atoms with E-state index in [9.17, 15) is 4.79 Å². The first-order chi connectivity index (χ1) is 17.1. The highest BCUT2D eigenvalue weighted by Gasteiger charge is 2.24. The first-order valence-corrected chi connectivity index (χ1v) is 11.8. The molecule has 2 aromatic carbocycles. The van der Waals surface area contributed by atoms with E-state index in [2.05, 4.69) is 15.3 Å². The molecule has 0 aliphatic carbocycles. The summed E-state index contributed by atoms with van der Waals surface area (Å²) >= 11 is 0. The highest BCUT2D eigenvalue weighted by atomic mass is 16.5. The van der Waals surface area contributed by atoms with Gasteiger partial charge < -0.3 is 30.2 Å². The number of nitrogens with two attached hydrogens (primary N) is 1. The Hall–Kier alpha value is -3.85. The van der Waals surface area contributed by atoms with Crippen LogP contribution < -0.4 is 20.5 Å². The molecule has 9 heteroatoms. The second kappa shape index (κ2) is 10.2. The second-order valence-corrected chi connectivity index (χ2v) is 8.63. The summed E-state index contributed by atoms with van der Waals surface area (Å²) in [6.45, 7) is 3.00. The minimum Gasteiger partial charge on any atom is -0.496 e. The standard InChI is InChI=1S/C26H29N5O4/c1-33-24-16-18(4-5-20(24)25(32)31-11-2-12-31)29-26-28-10-7-22(30-26)17-3-6-23(21(27)15-17)35-19-8-13-34-14-9-19/h3-7,10,15-16,19H,2,8-9,11-14,27H2,1H3,(H,28,29,30). The van der Waals surface area contributed by atoms with Gasteiger partial charge in [0.1, 0.15) is 17.6 Å². The van der Waals surface area contributed by atoms with Crippen molar-refractivity contribution >= 4 is 23.2 Å². The van der Waals surface area contributed by atoms with E-state index in [4.69, 9.17) is 19.9 Å². The summed E-state index contributed by atoms with van der Waals surface area (Å²) in [7, 11) is 1.56. The number of rotatable bonds is 7. The van der Waals surface area contributed by atoms with Gasteiger partial charge in [0.2, 0.25) is 5.95 Å². The number of amides is 1. The minimum atomic E-state index is -0.0141. The Morgan fingerprint density at radius 1 is 1.11 bits per heavy atom. The van der Waals surface area contributed by atoms with Crippen LogP contribution in [0.15, 0.2) is 48.7 Å². The number of hydrogen-bond donors (Lipinski definition) is 2. The number of ether oxygens (including phenoxy) is 3. The molecule has 9 nitrogen and oxygen atoms in total. The molecule has 35 heavy (non-hydrogen) atoms. The van der Waals surface area contributed by atoms with Gasteiger partial charge in [-0.2, -0.15) is 0 Å². The first kappa shape index (κ1) is 22.9. The van der Waals surface area contributed by atoms with Gasteiger partial charge in [0, 0.05) is 49.4 Å². The van der Waals surface area contributed by atoms with Gasteiger partial charge in [-0.3, -0.25) is 4.79 Å². The number of likely N-dealkylation sites (tertiary alicyclic amines) is 1. The lowest BCUT2D eigenvalue weighted by molar-refractivity contribution is 0.0258. The van der Waals surface area contributed by atoms with Gasteiger partial charge >= 0.3 is 0 Å². The molecule has 0 atom stereocenters. The topological polar surface area (TPSA) is 112 Å². The zero-order valence-electron chi connectivity index (χ0n) is 19.7. The molecule has 1 amide bonds. The highest BCUT2D eigenvalue weighted by molar-refractivity contribution is 5.98. The van der Waals surface area contributed by atoms with E-state index in [1.54, 1.807) is 25.4 Å². The van der Waals surface area contributed by atoms with E-state index in [1.807, 2.05) is 35.2 Å². The summed E-state index contributed by atoms with van der Waals surface area (Å²) in [5.74, 6) is 1.59. The fourth-order valence-electron chi connectivity index (χ4n) is 4.13. The molecule has 2 saturated heterocycles. The number of anilines is 3. The SMILES string of the molecule is COc1cc(Nc2nccc(-c3ccc(OC4CCOCC4)c(N)c3)n2)ccc1C(=O)N1CCC1. The Morgan fingerprint density at radius 2 is 1.94 bits per heavy atom. The summed E-state index contributed by atoms with van der Waals surface area (Å²) in [4.78, 5) is 23.4. The van der Waals surface area contributed by atoms with E-state index >= 15 is 0 Å². The lowest BCUT2D eigenvalue weighted by Crippen LogP contribution is -2.42. The van der Waals surface area contributed by atoms with Crippen LogP contribution in [0.4, 0.5) is 17.3 Å². The molecular weight excluding hydrogens is 446 g/mol. The van der Waals surface area contributed by atoms with Crippen molar-refractivity contribution in [2.45, 2.75) is 25.4 Å². The largest absolute Gasteiger partial charge is 0.496 e. The molecule has 2 aliphatic heterocycles. The number of methoxy groups -OCH3 is 1. The van der Waals surface area contributed by atoms with E-state index in [1.165, 1.54) is 0 Å². The number of benzene rings is 2. The highest BCUT2D eigenvalue weighted by Crippen LogP contribution is 2.31. The van der Waals surface area contributed by atoms with Gasteiger partial charge in [0.15, 0.2) is 0 Å². The minimum absolute atomic E-state index is 0.0141. The van der Waals surface area contributed by atoms with Crippen molar-refractivity contribution in [3.8, 4) is 22.8 Å². The maximum atomic E-state index is 12.6. The van der Waals surface area contributed by atoms with Crippen molar-refractivity contribution in [3.05, 3.63) is 54.2 Å². The first-order valence-electron chi connectivity index (χ1n) is 11.8. The molecule has 0 radical (unpaired) electrons. The van der Waals surface area contributed by atoms with Crippen molar-refractivity contribution in [3.63, 3.8) is 0 Å². The lowest BCUT2D eigenvalue weighted by atomic mass is 10.1. The van der Waals surface area contributed by atoms with Gasteiger partial charge in [-0.25, -0.2) is 9.97 Å². The molecule has 3 N–H and O–H groups in total. The number of nitrogens with one attached hydrogen (secondary N) is 1. The van der Waals surface area contributed by atoms with Crippen molar-refractivity contribution in [2.75, 3.05) is 44.5 Å². The average molecular weight is 476 g/mol. The Labute approximate surface area is 204 Å². The third-order valence-electron chi connectivity index (χ3n) is 6.25. The van der Waals surface area contributed by atoms with Crippen LogP contribution in [0.1, 0.15) is 29.6 Å². The summed E-state index contributed by atoms with van der Waals surface area (Å²) < 4.78 is 16.9. The quantitative estimate of drug-likeness (QED) is 0.495. The van der Waals surface area contributed by atoms with Crippen LogP contribution in [0.3, 0.4) is 0 Å². The second-order valence-electron chi connectivity index (χ2n) is 8.63. The number of carbonyl (C=O) groups excluding carboxylic acids is 1. The van der Waals surface area contributed by atoms with E-state index in [0.717, 1.165) is 49.3 Å². The Balaban J connectivity index is 1.31. The van der Waals surface area contributed by atoms with Crippen LogP contribution in [-0.2, 0) is 4.74 Å². The zero-order chi connectivity index (χ0) is 24.2. The molecule has 2 aliphatic rings. The Morgan fingerprint density at radius 3 is 2.66 bits per heavy atom. The van der Waals surface area contributed by atoms with Crippen molar-refractivity contribution in [1.82, 2.24) is 14.9 Å². The molecule has 0 unspecified atom stereocenters. The molecule has 0 bridgehead atoms. The molecule has 2 fully saturated rings. The molecule has 5 rings (SSSR count). The van der Waals surface area contributed by atoms with Crippen LogP contribution in [0.5, 0.6) is 11.5 Å². The maximum absolute atomic E-state index is 12.6. The Bertz CT molecular complexity index is 1210. The summed E-state index contributed by atoms with van der Waals surface area (Å²) in [5.41, 5.74) is 9.70. The molecule has 182 valence electrons. The van der Waals surface area contributed by atoms with E-state index in [0.29, 0.717) is 41.9 Å². The summed E-state index contributed by atoms with van der Waals surface area (Å²) in [6.07, 6.45) is 4.57. The molecule has 3 heterocycles. The number of nitrogen functional groups attached to an aromatic ring is 1. The van der Waals surface area contributed by atoms with Crippen LogP contribution >= 0.6 is 0 Å². The van der Waals surface area contributed by atoms with Gasteiger partial charge in [-0.1, -0.05) is 0 Å². The van der Waals surface area contributed by atoms with Crippen molar-refractivity contribution < 1.29 is 19.0 Å². The molecular formula is C26H29N5O4. The van der Waals surface area contributed by atoms with Crippen molar-refractivity contribution in [1.29, 1.82) is 0 Å². The summed E-state index contributed by atoms with van der Waals surface area (Å²) in [5, 5.41) is 3.20. The fourth-order valence-corrected chi connectivity index (χ4v) is 4.13. The monoisotopic (exact) mass is 475 g/mol. The van der Waals surface area contributed by atoms with Gasteiger partial charge in [-0.05, 0) is 42.8 Å². The average Bonchev–Trinajstić information content (AvgIpc) is 2.85. The Kier molecular flexibility index (Phi) is 6.67. The normalized spacial score (nSPS) is 15.9. The molecule has 1 aromatic heterocycles. The molecule has 3 aromatic rings. The van der Waals surface area contributed by atoms with Crippen molar-refractivity contribution in [2.24, 2.45) is 0 Å². The van der Waals surface area contributed by atoms with E-state index < -0.39 is 0 Å². The van der Waals surface area contributed by atoms with E-state index in [-0.39, 0.29) is 12.0 Å². The van der Waals surface area contributed by atoms with Crippen LogP contribution in [0.25, 0.3) is 11.3 Å². The van der Waals surface area contributed by atoms with Crippen LogP contribution in [0.2, 0.25) is 0 Å². The maximum Gasteiger partial charge on any atom is 0.257 e. The third-order valence-corrected chi connectivity index (χ3v) is 6.25. The van der Waals surface area contributed by atoms with Crippen LogP contribution in [0, 0.1) is 0 Å². The zero-order valence-corrected chi connectivity index (χ0v) is 19.7. The number of aromatic nitrogens is 2. The molecule has 0 saturated carbocycles. The smallest absolute Gasteiger partial charge is 0.257 e. The number of carbonyl (C=O) groups is 1. The predicted octanol–water partition coefficient (Wildman–Crippen LogP) is 3.88. The van der Waals surface area contributed by atoms with Gasteiger partial charge in [0.25, 0.3) is 5.91 Å². The molecule has 0 spiro atoms. The third kappa shape index (κ3) is 5.14. The number of nitrogens with zero attached hydrogens (tertiary/aromatic N) is 3. The number of hydrogen-bond acceptors (Lipinski definition) is 8. The lowest BCUT2D eigenvalue weighted by Gasteiger charge is -2.31. The van der Waals surface area contributed by atoms with Gasteiger partial charge in [0.05, 0.1) is 37.3 Å². The van der Waals surface area contributed by atoms with Gasteiger partial charge in [-0.15, -0.1) is 0 Å². The fraction of sp³-hybridized carbons (Fsp3) is 0.346. The summed E-state index contributed by atoms with van der Waals surface area (Å²) in [6, 6.07) is 12.9.